The average Bonchev–Trinajstić information content (AvgIpc) is 2.03. The summed E-state index contributed by atoms with van der Waals surface area (Å²) in [6, 6.07) is 5.29. The van der Waals surface area contributed by atoms with Gasteiger partial charge in [0.05, 0.1) is 0 Å². The molecule has 5 heteroatoms. The number of Topliss-reactive ketones (excluding diaryl/α,β-unsaturated/α-hetero) is 1. The van der Waals surface area contributed by atoms with Crippen LogP contribution >= 0.6 is 0 Å². The van der Waals surface area contributed by atoms with Gasteiger partial charge in [0.25, 0.3) is 5.78 Å². The number of hydrogen-bond acceptors (Lipinski definition) is 1. The lowest BCUT2D eigenvalue weighted by Gasteiger charge is -2.04. The zero-order valence-electron chi connectivity index (χ0n) is 6.85. The van der Waals surface area contributed by atoms with Gasteiger partial charge in [0.1, 0.15) is 7.85 Å². The Kier molecular flexibility index (Phi) is 2.45. The third-order valence-corrected chi connectivity index (χ3v) is 1.57. The third-order valence-electron chi connectivity index (χ3n) is 1.57. The standard InChI is InChI=1S/C8H6BF3O/c9-6-3-1-5(2-4-6)7(13)8(10,11)12/h1-4H,9H2. The first-order chi connectivity index (χ1) is 5.91. The fourth-order valence-corrected chi connectivity index (χ4v) is 0.869. The monoisotopic (exact) mass is 186 g/mol. The lowest BCUT2D eigenvalue weighted by molar-refractivity contribution is -0.0885. The van der Waals surface area contributed by atoms with Crippen molar-refractivity contribution in [2.45, 2.75) is 6.18 Å². The molecule has 0 heterocycles. The number of carbonyl (C=O) groups is 1. The molecule has 1 aromatic carbocycles. The average molecular weight is 186 g/mol. The Morgan fingerprint density at radius 3 is 2.00 bits per heavy atom. The molecule has 0 fully saturated rings. The molecule has 0 N–H and O–H groups in total. The van der Waals surface area contributed by atoms with E-state index in [4.69, 9.17) is 0 Å². The molecule has 0 aliphatic rings. The number of hydrogen-bond donors (Lipinski definition) is 0. The SMILES string of the molecule is Bc1ccc(C(=O)C(F)(F)F)cc1. The number of alkyl halides is 3. The van der Waals surface area contributed by atoms with Crippen molar-refractivity contribution in [1.29, 1.82) is 0 Å². The predicted molar refractivity (Wildman–Crippen MR) is 45.0 cm³/mol. The molecule has 0 aromatic heterocycles. The van der Waals surface area contributed by atoms with E-state index in [1.54, 1.807) is 7.85 Å². The van der Waals surface area contributed by atoms with Crippen LogP contribution in [0.15, 0.2) is 24.3 Å². The first kappa shape index (κ1) is 9.83. The van der Waals surface area contributed by atoms with Crippen LogP contribution < -0.4 is 5.46 Å². The van der Waals surface area contributed by atoms with Crippen LogP contribution in [0.3, 0.4) is 0 Å². The molecule has 0 aliphatic carbocycles. The summed E-state index contributed by atoms with van der Waals surface area (Å²) in [6.45, 7) is 0. The van der Waals surface area contributed by atoms with Gasteiger partial charge in [-0.3, -0.25) is 4.79 Å². The fourth-order valence-electron chi connectivity index (χ4n) is 0.869. The van der Waals surface area contributed by atoms with Crippen molar-refractivity contribution >= 4 is 19.1 Å². The van der Waals surface area contributed by atoms with Crippen molar-refractivity contribution in [2.75, 3.05) is 0 Å². The Labute approximate surface area is 74.0 Å². The summed E-state index contributed by atoms with van der Waals surface area (Å²) >= 11 is 0. The zero-order valence-corrected chi connectivity index (χ0v) is 6.85. The maximum Gasteiger partial charge on any atom is 0.454 e. The van der Waals surface area contributed by atoms with Crippen molar-refractivity contribution in [3.05, 3.63) is 29.8 Å². The Morgan fingerprint density at radius 2 is 1.62 bits per heavy atom. The number of halogens is 3. The molecule has 0 spiro atoms. The summed E-state index contributed by atoms with van der Waals surface area (Å²) in [4.78, 5) is 10.7. The largest absolute Gasteiger partial charge is 0.454 e. The minimum Gasteiger partial charge on any atom is -0.284 e. The van der Waals surface area contributed by atoms with Gasteiger partial charge in [0.15, 0.2) is 0 Å². The highest BCUT2D eigenvalue weighted by Crippen LogP contribution is 2.20. The Balaban J connectivity index is 2.97. The van der Waals surface area contributed by atoms with Crippen molar-refractivity contribution in [2.24, 2.45) is 0 Å². The number of ketones is 1. The summed E-state index contributed by atoms with van der Waals surface area (Å²) in [6.07, 6.45) is -4.78. The fraction of sp³-hybridized carbons (Fsp3) is 0.125. The molecule has 0 amide bonds. The normalized spacial score (nSPS) is 11.3. The third kappa shape index (κ3) is 2.34. The molecule has 1 nitrogen and oxygen atoms in total. The minimum absolute atomic E-state index is 0.321. The van der Waals surface area contributed by atoms with E-state index in [9.17, 15) is 18.0 Å². The van der Waals surface area contributed by atoms with Gasteiger partial charge in [-0.25, -0.2) is 0 Å². The second kappa shape index (κ2) is 3.24. The van der Waals surface area contributed by atoms with E-state index in [1.807, 2.05) is 0 Å². The van der Waals surface area contributed by atoms with Gasteiger partial charge in [-0.2, -0.15) is 13.2 Å². The molecule has 0 radical (unpaired) electrons. The molecule has 68 valence electrons. The number of benzene rings is 1. The van der Waals surface area contributed by atoms with Crippen LogP contribution in [0.2, 0.25) is 0 Å². The topological polar surface area (TPSA) is 17.1 Å². The van der Waals surface area contributed by atoms with E-state index >= 15 is 0 Å². The van der Waals surface area contributed by atoms with Crippen LogP contribution in [0.5, 0.6) is 0 Å². The molecule has 0 aliphatic heterocycles. The van der Waals surface area contributed by atoms with E-state index in [0.29, 0.717) is 0 Å². The molecule has 1 aromatic rings. The van der Waals surface area contributed by atoms with E-state index in [-0.39, 0.29) is 5.56 Å². The van der Waals surface area contributed by atoms with Crippen LogP contribution in [0.25, 0.3) is 0 Å². The molecular formula is C8H6BF3O. The number of carbonyl (C=O) groups excluding carboxylic acids is 1. The molecule has 0 bridgehead atoms. The highest BCUT2D eigenvalue weighted by atomic mass is 19.4. The van der Waals surface area contributed by atoms with Gasteiger partial charge in [-0.1, -0.05) is 29.7 Å². The second-order valence-electron chi connectivity index (χ2n) is 2.69. The highest BCUT2D eigenvalue weighted by Gasteiger charge is 2.38. The summed E-state index contributed by atoms with van der Waals surface area (Å²) < 4.78 is 35.7. The quantitative estimate of drug-likeness (QED) is 0.465. The molecule has 0 atom stereocenters. The van der Waals surface area contributed by atoms with Crippen LogP contribution in [-0.4, -0.2) is 19.8 Å². The zero-order chi connectivity index (χ0) is 10.1. The Bertz CT molecular complexity index is 315. The van der Waals surface area contributed by atoms with Crippen LogP contribution in [-0.2, 0) is 0 Å². The smallest absolute Gasteiger partial charge is 0.284 e. The lowest BCUT2D eigenvalue weighted by Crippen LogP contribution is -2.23. The Morgan fingerprint density at radius 1 is 1.15 bits per heavy atom. The summed E-state index contributed by atoms with van der Waals surface area (Å²) in [5, 5.41) is 0. The first-order valence-corrected chi connectivity index (χ1v) is 3.59. The molecule has 1 rings (SSSR count). The van der Waals surface area contributed by atoms with Crippen LogP contribution in [0, 0.1) is 0 Å². The highest BCUT2D eigenvalue weighted by molar-refractivity contribution is 6.32. The van der Waals surface area contributed by atoms with Gasteiger partial charge in [0, 0.05) is 5.56 Å². The van der Waals surface area contributed by atoms with E-state index in [1.165, 1.54) is 24.3 Å². The molecule has 13 heavy (non-hydrogen) atoms. The van der Waals surface area contributed by atoms with Crippen molar-refractivity contribution in [1.82, 2.24) is 0 Å². The Hall–Kier alpha value is -1.26. The first-order valence-electron chi connectivity index (χ1n) is 3.59. The van der Waals surface area contributed by atoms with Crippen molar-refractivity contribution in [3.8, 4) is 0 Å². The van der Waals surface area contributed by atoms with Crippen molar-refractivity contribution < 1.29 is 18.0 Å². The summed E-state index contributed by atoms with van der Waals surface area (Å²) in [5.41, 5.74) is 0.497. The van der Waals surface area contributed by atoms with E-state index in [2.05, 4.69) is 0 Å². The van der Waals surface area contributed by atoms with Crippen LogP contribution in [0.4, 0.5) is 13.2 Å². The van der Waals surface area contributed by atoms with E-state index in [0.717, 1.165) is 5.46 Å². The number of rotatable bonds is 1. The molecule has 0 unspecified atom stereocenters. The maximum atomic E-state index is 11.9. The second-order valence-corrected chi connectivity index (χ2v) is 2.69. The molecular weight excluding hydrogens is 180 g/mol. The summed E-state index contributed by atoms with van der Waals surface area (Å²) in [7, 11) is 1.74. The van der Waals surface area contributed by atoms with Gasteiger partial charge in [-0.05, 0) is 0 Å². The lowest BCUT2D eigenvalue weighted by atomic mass is 9.94. The van der Waals surface area contributed by atoms with E-state index < -0.39 is 12.0 Å². The van der Waals surface area contributed by atoms with Gasteiger partial charge in [0.2, 0.25) is 0 Å². The molecule has 0 saturated heterocycles. The van der Waals surface area contributed by atoms with Crippen LogP contribution in [0.1, 0.15) is 10.4 Å². The van der Waals surface area contributed by atoms with Crippen molar-refractivity contribution in [3.63, 3.8) is 0 Å². The molecule has 0 saturated carbocycles. The predicted octanol–water partition coefficient (Wildman–Crippen LogP) is 0.690. The summed E-state index contributed by atoms with van der Waals surface area (Å²) in [5.74, 6) is -1.80. The van der Waals surface area contributed by atoms with Gasteiger partial charge in [-0.15, -0.1) is 0 Å². The maximum absolute atomic E-state index is 11.9. The van der Waals surface area contributed by atoms with Gasteiger partial charge >= 0.3 is 6.18 Å². The minimum atomic E-state index is -4.78. The van der Waals surface area contributed by atoms with Gasteiger partial charge < -0.3 is 0 Å².